The van der Waals surface area contributed by atoms with Gasteiger partial charge in [-0.2, -0.15) is 0 Å². The fraction of sp³-hybridized carbons (Fsp3) is 0.533. The highest BCUT2D eigenvalue weighted by Crippen LogP contribution is 2.25. The molecule has 4 heteroatoms. The molecule has 19 heavy (non-hydrogen) atoms. The van der Waals surface area contributed by atoms with E-state index in [4.69, 9.17) is 0 Å². The van der Waals surface area contributed by atoms with Gasteiger partial charge in [0.05, 0.1) is 5.75 Å². The van der Waals surface area contributed by atoms with Crippen LogP contribution in [0.5, 0.6) is 0 Å². The van der Waals surface area contributed by atoms with E-state index in [1.54, 1.807) is 11.8 Å². The van der Waals surface area contributed by atoms with Gasteiger partial charge in [0.15, 0.2) is 0 Å². The van der Waals surface area contributed by atoms with Crippen LogP contribution in [0.3, 0.4) is 0 Å². The molecule has 1 amide bonds. The molecule has 2 unspecified atom stereocenters. The number of thioether (sulfide) groups is 1. The number of halogens is 1. The molecule has 1 saturated heterocycles. The zero-order valence-corrected chi connectivity index (χ0v) is 13.8. The molecular weight excluding hydrogens is 322 g/mol. The number of carbonyl (C=O) groups is 1. The minimum absolute atomic E-state index is 0.271. The molecule has 0 aliphatic carbocycles. The molecule has 0 spiro atoms. The first-order valence-corrected chi connectivity index (χ1v) is 8.55. The summed E-state index contributed by atoms with van der Waals surface area (Å²) in [7, 11) is 0. The zero-order valence-electron chi connectivity index (χ0n) is 11.4. The van der Waals surface area contributed by atoms with E-state index < -0.39 is 0 Å². The van der Waals surface area contributed by atoms with Crippen molar-refractivity contribution in [2.24, 2.45) is 0 Å². The van der Waals surface area contributed by atoms with Crippen LogP contribution in [0.4, 0.5) is 0 Å². The Morgan fingerprint density at radius 1 is 1.26 bits per heavy atom. The second-order valence-corrected chi connectivity index (χ2v) is 7.14. The Morgan fingerprint density at radius 3 is 2.42 bits per heavy atom. The largest absolute Gasteiger partial charge is 0.337 e. The van der Waals surface area contributed by atoms with Crippen molar-refractivity contribution in [1.82, 2.24) is 4.90 Å². The van der Waals surface area contributed by atoms with E-state index in [1.807, 2.05) is 24.3 Å². The molecular formula is C15H20BrNOS. The van der Waals surface area contributed by atoms with Crippen LogP contribution in [0.1, 0.15) is 33.1 Å². The Bertz CT molecular complexity index is 424. The summed E-state index contributed by atoms with van der Waals surface area (Å²) in [5, 5.41) is 0. The lowest BCUT2D eigenvalue weighted by Gasteiger charge is -2.39. The molecule has 1 heterocycles. The molecule has 2 atom stereocenters. The van der Waals surface area contributed by atoms with Gasteiger partial charge in [-0.25, -0.2) is 0 Å². The van der Waals surface area contributed by atoms with Crippen molar-refractivity contribution in [3.05, 3.63) is 28.7 Å². The van der Waals surface area contributed by atoms with Crippen LogP contribution in [0.15, 0.2) is 33.6 Å². The van der Waals surface area contributed by atoms with Gasteiger partial charge in [0.1, 0.15) is 0 Å². The SMILES string of the molecule is CC1CCCC(C)N1C(=O)CSc1ccc(Br)cc1. The quantitative estimate of drug-likeness (QED) is 0.762. The Labute approximate surface area is 128 Å². The van der Waals surface area contributed by atoms with E-state index in [0.29, 0.717) is 17.8 Å². The molecule has 1 aromatic carbocycles. The summed E-state index contributed by atoms with van der Waals surface area (Å²) in [6.45, 7) is 4.33. The number of carbonyl (C=O) groups excluding carboxylic acids is 1. The van der Waals surface area contributed by atoms with Gasteiger partial charge in [0, 0.05) is 21.5 Å². The zero-order chi connectivity index (χ0) is 13.8. The fourth-order valence-corrected chi connectivity index (χ4v) is 3.70. The number of hydrogen-bond donors (Lipinski definition) is 0. The number of rotatable bonds is 3. The van der Waals surface area contributed by atoms with Gasteiger partial charge in [0.25, 0.3) is 0 Å². The second-order valence-electron chi connectivity index (χ2n) is 5.17. The molecule has 0 aromatic heterocycles. The first-order valence-electron chi connectivity index (χ1n) is 6.77. The number of amides is 1. The maximum absolute atomic E-state index is 12.4. The number of nitrogens with zero attached hydrogens (tertiary/aromatic N) is 1. The molecule has 1 aliphatic heterocycles. The van der Waals surface area contributed by atoms with Gasteiger partial charge in [-0.3, -0.25) is 4.79 Å². The summed E-state index contributed by atoms with van der Waals surface area (Å²) in [5.74, 6) is 0.809. The Morgan fingerprint density at radius 2 is 1.84 bits per heavy atom. The smallest absolute Gasteiger partial charge is 0.233 e. The van der Waals surface area contributed by atoms with Crippen LogP contribution in [-0.2, 0) is 4.79 Å². The van der Waals surface area contributed by atoms with Crippen LogP contribution in [0.25, 0.3) is 0 Å². The summed E-state index contributed by atoms with van der Waals surface area (Å²) < 4.78 is 1.07. The van der Waals surface area contributed by atoms with E-state index in [0.717, 1.165) is 22.2 Å². The Kier molecular flexibility index (Phi) is 5.34. The minimum atomic E-state index is 0.271. The second kappa shape index (κ2) is 6.80. The van der Waals surface area contributed by atoms with Gasteiger partial charge in [0.2, 0.25) is 5.91 Å². The molecule has 1 aromatic rings. The molecule has 0 saturated carbocycles. The van der Waals surface area contributed by atoms with Crippen molar-refractivity contribution in [2.45, 2.75) is 50.1 Å². The van der Waals surface area contributed by atoms with Crippen LogP contribution in [0, 0.1) is 0 Å². The summed E-state index contributed by atoms with van der Waals surface area (Å²) >= 11 is 5.04. The van der Waals surface area contributed by atoms with E-state index in [2.05, 4.69) is 34.7 Å². The molecule has 0 radical (unpaired) electrons. The third-order valence-corrected chi connectivity index (χ3v) is 5.18. The van der Waals surface area contributed by atoms with Crippen molar-refractivity contribution in [3.63, 3.8) is 0 Å². The Hall–Kier alpha value is -0.480. The van der Waals surface area contributed by atoms with Gasteiger partial charge in [-0.15, -0.1) is 11.8 Å². The first-order chi connectivity index (χ1) is 9.08. The van der Waals surface area contributed by atoms with Crippen LogP contribution >= 0.6 is 27.7 Å². The average Bonchev–Trinajstić information content (AvgIpc) is 2.38. The van der Waals surface area contributed by atoms with Crippen molar-refractivity contribution in [1.29, 1.82) is 0 Å². The highest BCUT2D eigenvalue weighted by molar-refractivity contribution is 9.10. The lowest BCUT2D eigenvalue weighted by Crippen LogP contribution is -2.48. The topological polar surface area (TPSA) is 20.3 Å². The van der Waals surface area contributed by atoms with Gasteiger partial charge in [-0.1, -0.05) is 15.9 Å². The molecule has 2 rings (SSSR count). The summed E-state index contributed by atoms with van der Waals surface area (Å²) in [6, 6.07) is 8.90. The third kappa shape index (κ3) is 3.99. The monoisotopic (exact) mass is 341 g/mol. The van der Waals surface area contributed by atoms with Crippen LogP contribution in [-0.4, -0.2) is 28.6 Å². The number of benzene rings is 1. The molecule has 104 valence electrons. The number of piperidine rings is 1. The third-order valence-electron chi connectivity index (χ3n) is 3.66. The lowest BCUT2D eigenvalue weighted by atomic mass is 9.98. The van der Waals surface area contributed by atoms with Gasteiger partial charge in [-0.05, 0) is 57.4 Å². The van der Waals surface area contributed by atoms with Gasteiger partial charge >= 0.3 is 0 Å². The van der Waals surface area contributed by atoms with Crippen LogP contribution in [0.2, 0.25) is 0 Å². The highest BCUT2D eigenvalue weighted by Gasteiger charge is 2.28. The van der Waals surface area contributed by atoms with Gasteiger partial charge < -0.3 is 4.90 Å². The van der Waals surface area contributed by atoms with Crippen molar-refractivity contribution < 1.29 is 4.79 Å². The molecule has 1 fully saturated rings. The Balaban J connectivity index is 1.91. The van der Waals surface area contributed by atoms with Crippen molar-refractivity contribution in [2.75, 3.05) is 5.75 Å². The van der Waals surface area contributed by atoms with E-state index in [9.17, 15) is 4.79 Å². The maximum atomic E-state index is 12.4. The van der Waals surface area contributed by atoms with E-state index in [-0.39, 0.29) is 5.91 Å². The standard InChI is InChI=1S/C15H20BrNOS/c1-11-4-3-5-12(2)17(11)15(18)10-19-14-8-6-13(16)7-9-14/h6-9,11-12H,3-5,10H2,1-2H3. The lowest BCUT2D eigenvalue weighted by molar-refractivity contribution is -0.134. The molecule has 0 bridgehead atoms. The maximum Gasteiger partial charge on any atom is 0.233 e. The first kappa shape index (κ1) is 14.9. The molecule has 0 N–H and O–H groups in total. The summed E-state index contributed by atoms with van der Waals surface area (Å²) in [5.41, 5.74) is 0. The summed E-state index contributed by atoms with van der Waals surface area (Å²) in [4.78, 5) is 15.6. The number of likely N-dealkylation sites (tertiary alicyclic amines) is 1. The van der Waals surface area contributed by atoms with Crippen molar-refractivity contribution in [3.8, 4) is 0 Å². The van der Waals surface area contributed by atoms with Crippen molar-refractivity contribution >= 4 is 33.6 Å². The minimum Gasteiger partial charge on any atom is -0.337 e. The predicted octanol–water partition coefficient (Wildman–Crippen LogP) is 4.33. The molecule has 2 nitrogen and oxygen atoms in total. The fourth-order valence-electron chi connectivity index (χ4n) is 2.66. The summed E-state index contributed by atoms with van der Waals surface area (Å²) in [6.07, 6.45) is 3.52. The highest BCUT2D eigenvalue weighted by atomic mass is 79.9. The predicted molar refractivity (Wildman–Crippen MR) is 84.5 cm³/mol. The van der Waals surface area contributed by atoms with E-state index >= 15 is 0 Å². The number of hydrogen-bond acceptors (Lipinski definition) is 2. The van der Waals surface area contributed by atoms with Crippen LogP contribution < -0.4 is 0 Å². The average molecular weight is 342 g/mol. The normalized spacial score (nSPS) is 23.4. The van der Waals surface area contributed by atoms with E-state index in [1.165, 1.54) is 6.42 Å². The molecule has 1 aliphatic rings.